The second-order valence-corrected chi connectivity index (χ2v) is 5.11. The minimum atomic E-state index is -4.44. The van der Waals surface area contributed by atoms with E-state index in [1.807, 2.05) is 0 Å². The molecule has 0 radical (unpaired) electrons. The molecule has 1 aromatic heterocycles. The zero-order chi connectivity index (χ0) is 15.5. The molecule has 1 aliphatic heterocycles. The molecule has 2 heterocycles. The van der Waals surface area contributed by atoms with Crippen molar-refractivity contribution in [3.8, 4) is 0 Å². The number of hydrogen-bond acceptors (Lipinski definition) is 5. The quantitative estimate of drug-likeness (QED) is 0.660. The Hall–Kier alpha value is -1.54. The molecule has 0 amide bonds. The summed E-state index contributed by atoms with van der Waals surface area (Å²) >= 11 is 0. The summed E-state index contributed by atoms with van der Waals surface area (Å²) in [6, 6.07) is 1.90. The van der Waals surface area contributed by atoms with E-state index in [0.29, 0.717) is 13.2 Å². The Balaban J connectivity index is 2.17. The maximum Gasteiger partial charge on any atom is 0.416 e. The van der Waals surface area contributed by atoms with E-state index in [4.69, 9.17) is 10.6 Å². The average molecular weight is 304 g/mol. The molecule has 0 aliphatic carbocycles. The molecule has 0 spiro atoms. The lowest BCUT2D eigenvalue weighted by atomic mass is 10.1. The fraction of sp³-hybridized carbons (Fsp3) is 0.615. The number of likely N-dealkylation sites (N-methyl/N-ethyl adjacent to an activating group) is 1. The van der Waals surface area contributed by atoms with Gasteiger partial charge in [-0.25, -0.2) is 10.8 Å². The van der Waals surface area contributed by atoms with Crippen LogP contribution in [-0.2, 0) is 10.9 Å². The first-order valence-electron chi connectivity index (χ1n) is 6.79. The molecule has 0 saturated carbocycles. The van der Waals surface area contributed by atoms with Crippen LogP contribution < -0.4 is 16.2 Å². The van der Waals surface area contributed by atoms with Gasteiger partial charge in [-0.2, -0.15) is 13.2 Å². The third kappa shape index (κ3) is 4.21. The molecule has 0 bridgehead atoms. The number of rotatable bonds is 4. The molecule has 1 saturated heterocycles. The van der Waals surface area contributed by atoms with Crippen LogP contribution in [0.15, 0.2) is 12.1 Å². The van der Waals surface area contributed by atoms with E-state index < -0.39 is 11.7 Å². The van der Waals surface area contributed by atoms with Crippen LogP contribution >= 0.6 is 0 Å². The average Bonchev–Trinajstić information content (AvgIpc) is 2.46. The largest absolute Gasteiger partial charge is 0.416 e. The van der Waals surface area contributed by atoms with Crippen molar-refractivity contribution in [2.24, 2.45) is 5.84 Å². The van der Waals surface area contributed by atoms with E-state index in [2.05, 4.69) is 10.4 Å². The minimum Gasteiger partial charge on any atom is -0.376 e. The van der Waals surface area contributed by atoms with Crippen LogP contribution in [0.4, 0.5) is 24.8 Å². The van der Waals surface area contributed by atoms with Crippen molar-refractivity contribution in [3.63, 3.8) is 0 Å². The number of nitrogens with two attached hydrogens (primary N) is 1. The van der Waals surface area contributed by atoms with Crippen molar-refractivity contribution >= 4 is 11.6 Å². The Kier molecular flexibility index (Phi) is 4.89. The molecular weight excluding hydrogens is 285 g/mol. The van der Waals surface area contributed by atoms with Crippen molar-refractivity contribution < 1.29 is 17.9 Å². The Morgan fingerprint density at radius 1 is 1.43 bits per heavy atom. The van der Waals surface area contributed by atoms with Crippen molar-refractivity contribution in [2.45, 2.75) is 31.5 Å². The van der Waals surface area contributed by atoms with Crippen LogP contribution in [-0.4, -0.2) is 31.3 Å². The maximum atomic E-state index is 12.9. The van der Waals surface area contributed by atoms with Crippen LogP contribution in [0, 0.1) is 0 Å². The standard InChI is InChI=1S/C13H19F3N4O/c1-20(8-10-4-2-3-5-21-10)12-7-9(13(14,15)16)6-11(18-12)19-17/h6-7,10H,2-5,8,17H2,1H3,(H,18,19). The lowest BCUT2D eigenvalue weighted by molar-refractivity contribution is -0.137. The summed E-state index contributed by atoms with van der Waals surface area (Å²) in [5.74, 6) is 5.39. The van der Waals surface area contributed by atoms with Crippen molar-refractivity contribution in [3.05, 3.63) is 17.7 Å². The number of alkyl halides is 3. The summed E-state index contributed by atoms with van der Waals surface area (Å²) < 4.78 is 44.2. The molecule has 8 heteroatoms. The van der Waals surface area contributed by atoms with Crippen molar-refractivity contribution in [2.75, 3.05) is 30.5 Å². The lowest BCUT2D eigenvalue weighted by Gasteiger charge is -2.28. The molecule has 2 rings (SSSR count). The first-order valence-corrected chi connectivity index (χ1v) is 6.79. The van der Waals surface area contributed by atoms with E-state index >= 15 is 0 Å². The van der Waals surface area contributed by atoms with Crippen molar-refractivity contribution in [1.82, 2.24) is 4.98 Å². The smallest absolute Gasteiger partial charge is 0.376 e. The molecule has 1 aliphatic rings. The summed E-state index contributed by atoms with van der Waals surface area (Å²) in [6.45, 7) is 1.20. The predicted octanol–water partition coefficient (Wildman–Crippen LogP) is 2.39. The Morgan fingerprint density at radius 3 is 2.76 bits per heavy atom. The number of ether oxygens (including phenoxy) is 1. The van der Waals surface area contributed by atoms with Gasteiger partial charge in [0.1, 0.15) is 11.6 Å². The normalized spacial score (nSPS) is 19.4. The van der Waals surface area contributed by atoms with Crippen LogP contribution in [0.1, 0.15) is 24.8 Å². The highest BCUT2D eigenvalue weighted by Crippen LogP contribution is 2.32. The van der Waals surface area contributed by atoms with Crippen LogP contribution in [0.3, 0.4) is 0 Å². The third-order valence-electron chi connectivity index (χ3n) is 3.43. The molecule has 5 nitrogen and oxygen atoms in total. The van der Waals surface area contributed by atoms with Gasteiger partial charge in [0.15, 0.2) is 0 Å². The third-order valence-corrected chi connectivity index (χ3v) is 3.43. The van der Waals surface area contributed by atoms with Gasteiger partial charge in [0.05, 0.1) is 11.7 Å². The van der Waals surface area contributed by atoms with Crippen LogP contribution in [0.5, 0.6) is 0 Å². The molecular formula is C13H19F3N4O. The number of hydrazine groups is 1. The highest BCUT2D eigenvalue weighted by atomic mass is 19.4. The summed E-state index contributed by atoms with van der Waals surface area (Å²) in [5, 5.41) is 0. The molecule has 1 atom stereocenters. The number of nitrogens with zero attached hydrogens (tertiary/aromatic N) is 2. The van der Waals surface area contributed by atoms with Crippen LogP contribution in [0.2, 0.25) is 0 Å². The van der Waals surface area contributed by atoms with E-state index in [-0.39, 0.29) is 17.7 Å². The molecule has 0 aromatic carbocycles. The van der Waals surface area contributed by atoms with Gasteiger partial charge in [0.25, 0.3) is 0 Å². The van der Waals surface area contributed by atoms with Gasteiger partial charge in [0.2, 0.25) is 0 Å². The zero-order valence-electron chi connectivity index (χ0n) is 11.8. The lowest BCUT2D eigenvalue weighted by Crippen LogP contribution is -2.34. The molecule has 1 aromatic rings. The highest BCUT2D eigenvalue weighted by molar-refractivity contribution is 5.50. The zero-order valence-corrected chi connectivity index (χ0v) is 11.8. The van der Waals surface area contributed by atoms with Gasteiger partial charge in [-0.05, 0) is 31.4 Å². The van der Waals surface area contributed by atoms with Crippen molar-refractivity contribution in [1.29, 1.82) is 0 Å². The molecule has 21 heavy (non-hydrogen) atoms. The number of nitrogens with one attached hydrogen (secondary N) is 1. The number of halogens is 3. The number of pyridine rings is 1. The van der Waals surface area contributed by atoms with Gasteiger partial charge < -0.3 is 15.1 Å². The number of hydrogen-bond donors (Lipinski definition) is 2. The SMILES string of the molecule is CN(CC1CCCCO1)c1cc(C(F)(F)F)cc(NN)n1. The van der Waals surface area contributed by atoms with E-state index in [1.165, 1.54) is 0 Å². The van der Waals surface area contributed by atoms with Gasteiger partial charge in [-0.1, -0.05) is 0 Å². The van der Waals surface area contributed by atoms with E-state index in [1.54, 1.807) is 11.9 Å². The predicted molar refractivity (Wildman–Crippen MR) is 73.9 cm³/mol. The first kappa shape index (κ1) is 15.8. The summed E-state index contributed by atoms with van der Waals surface area (Å²) in [6.07, 6.45) is -1.40. The second kappa shape index (κ2) is 6.48. The van der Waals surface area contributed by atoms with Gasteiger partial charge >= 0.3 is 6.18 Å². The summed E-state index contributed by atoms with van der Waals surface area (Å²) in [7, 11) is 1.70. The van der Waals surface area contributed by atoms with Gasteiger partial charge in [-0.3, -0.25) is 0 Å². The van der Waals surface area contributed by atoms with E-state index in [9.17, 15) is 13.2 Å². The van der Waals surface area contributed by atoms with Crippen LogP contribution in [0.25, 0.3) is 0 Å². The fourth-order valence-electron chi connectivity index (χ4n) is 2.30. The molecule has 1 unspecified atom stereocenters. The molecule has 1 fully saturated rings. The monoisotopic (exact) mass is 304 g/mol. The van der Waals surface area contributed by atoms with Gasteiger partial charge in [0, 0.05) is 20.2 Å². The first-order chi connectivity index (χ1) is 9.90. The highest BCUT2D eigenvalue weighted by Gasteiger charge is 2.32. The topological polar surface area (TPSA) is 63.4 Å². The van der Waals surface area contributed by atoms with Gasteiger partial charge in [-0.15, -0.1) is 0 Å². The number of anilines is 2. The molecule has 118 valence electrons. The van der Waals surface area contributed by atoms with E-state index in [0.717, 1.165) is 31.4 Å². The Bertz CT molecular complexity index is 475. The molecule has 3 N–H and O–H groups in total. The number of aromatic nitrogens is 1. The summed E-state index contributed by atoms with van der Waals surface area (Å²) in [4.78, 5) is 5.72. The minimum absolute atomic E-state index is 0.0174. The Morgan fingerprint density at radius 2 is 2.19 bits per heavy atom. The second-order valence-electron chi connectivity index (χ2n) is 5.11. The Labute approximate surface area is 121 Å². The fourth-order valence-corrected chi connectivity index (χ4v) is 2.30. The maximum absolute atomic E-state index is 12.9. The summed E-state index contributed by atoms with van der Waals surface area (Å²) in [5.41, 5.74) is 1.39. The number of nitrogen functional groups attached to an aromatic ring is 1.